The van der Waals surface area contributed by atoms with Crippen molar-refractivity contribution in [3.05, 3.63) is 21.9 Å². The van der Waals surface area contributed by atoms with E-state index in [-0.39, 0.29) is 11.8 Å². The van der Waals surface area contributed by atoms with E-state index in [9.17, 15) is 4.79 Å². The van der Waals surface area contributed by atoms with E-state index in [0.29, 0.717) is 6.54 Å². The minimum absolute atomic E-state index is 0.0123. The second-order valence-electron chi connectivity index (χ2n) is 4.34. The molecule has 0 N–H and O–H groups in total. The van der Waals surface area contributed by atoms with Crippen molar-refractivity contribution < 1.29 is 4.79 Å². The summed E-state index contributed by atoms with van der Waals surface area (Å²) in [6, 6.07) is 6.19. The summed E-state index contributed by atoms with van der Waals surface area (Å²) in [6.07, 6.45) is 2.83. The van der Waals surface area contributed by atoms with Gasteiger partial charge in [-0.1, -0.05) is 6.92 Å². The Morgan fingerprint density at radius 1 is 1.65 bits per heavy atom. The van der Waals surface area contributed by atoms with Crippen LogP contribution in [-0.4, -0.2) is 23.9 Å². The van der Waals surface area contributed by atoms with Crippen molar-refractivity contribution in [2.24, 2.45) is 5.92 Å². The van der Waals surface area contributed by atoms with Crippen LogP contribution >= 0.6 is 11.3 Å². The number of hydrogen-bond acceptors (Lipinski definition) is 3. The van der Waals surface area contributed by atoms with Gasteiger partial charge in [-0.2, -0.15) is 5.26 Å². The molecule has 1 amide bonds. The Hall–Kier alpha value is -1.34. The maximum atomic E-state index is 12.2. The minimum atomic E-state index is 0.0123. The zero-order valence-electron chi connectivity index (χ0n) is 9.98. The average molecular weight is 248 g/mol. The molecule has 1 aromatic heterocycles. The maximum Gasteiger partial charge on any atom is 0.263 e. The molecular weight excluding hydrogens is 232 g/mol. The quantitative estimate of drug-likeness (QED) is 0.807. The number of thiophene rings is 1. The fraction of sp³-hybridized carbons (Fsp3) is 0.538. The van der Waals surface area contributed by atoms with E-state index in [1.807, 2.05) is 17.0 Å². The predicted octanol–water partition coefficient (Wildman–Crippen LogP) is 2.69. The molecule has 4 heteroatoms. The van der Waals surface area contributed by atoms with Gasteiger partial charge in [-0.25, -0.2) is 0 Å². The van der Waals surface area contributed by atoms with Crippen LogP contribution in [-0.2, 0) is 6.42 Å². The van der Waals surface area contributed by atoms with Crippen molar-refractivity contribution >= 4 is 17.2 Å². The molecule has 0 aromatic carbocycles. The monoisotopic (exact) mass is 248 g/mol. The molecule has 0 bridgehead atoms. The van der Waals surface area contributed by atoms with Crippen LogP contribution in [0.1, 0.15) is 34.3 Å². The van der Waals surface area contributed by atoms with Gasteiger partial charge < -0.3 is 4.90 Å². The van der Waals surface area contributed by atoms with E-state index >= 15 is 0 Å². The highest BCUT2D eigenvalue weighted by Crippen LogP contribution is 2.22. The zero-order valence-corrected chi connectivity index (χ0v) is 10.8. The van der Waals surface area contributed by atoms with Gasteiger partial charge in [0.2, 0.25) is 0 Å². The Kier molecular flexibility index (Phi) is 3.80. The van der Waals surface area contributed by atoms with E-state index in [0.717, 1.165) is 30.7 Å². The van der Waals surface area contributed by atoms with E-state index in [1.165, 1.54) is 4.88 Å². The van der Waals surface area contributed by atoms with Crippen LogP contribution in [0.15, 0.2) is 12.1 Å². The Labute approximate surface area is 106 Å². The Morgan fingerprint density at radius 2 is 2.47 bits per heavy atom. The number of likely N-dealkylation sites (tertiary alicyclic amines) is 1. The second-order valence-corrected chi connectivity index (χ2v) is 5.51. The molecule has 1 aliphatic heterocycles. The molecule has 1 atom stereocenters. The molecule has 1 aliphatic rings. The smallest absolute Gasteiger partial charge is 0.263 e. The Morgan fingerprint density at radius 3 is 3.12 bits per heavy atom. The highest BCUT2D eigenvalue weighted by Gasteiger charge is 2.24. The van der Waals surface area contributed by atoms with Crippen LogP contribution in [0.4, 0.5) is 0 Å². The van der Waals surface area contributed by atoms with Gasteiger partial charge in [0.1, 0.15) is 0 Å². The zero-order chi connectivity index (χ0) is 12.3. The van der Waals surface area contributed by atoms with E-state index < -0.39 is 0 Å². The van der Waals surface area contributed by atoms with Gasteiger partial charge in [0, 0.05) is 18.0 Å². The molecule has 1 saturated heterocycles. The molecule has 1 fully saturated rings. The van der Waals surface area contributed by atoms with Crippen molar-refractivity contribution in [1.82, 2.24) is 4.90 Å². The third kappa shape index (κ3) is 2.67. The molecule has 0 radical (unpaired) electrons. The Balaban J connectivity index is 2.07. The molecule has 2 heterocycles. The molecule has 0 spiro atoms. The van der Waals surface area contributed by atoms with E-state index in [1.54, 1.807) is 11.3 Å². The van der Waals surface area contributed by atoms with Gasteiger partial charge in [-0.15, -0.1) is 11.3 Å². The summed E-state index contributed by atoms with van der Waals surface area (Å²) in [5, 5.41) is 8.92. The van der Waals surface area contributed by atoms with Crippen LogP contribution in [0.25, 0.3) is 0 Å². The summed E-state index contributed by atoms with van der Waals surface area (Å²) in [7, 11) is 0. The number of nitriles is 1. The van der Waals surface area contributed by atoms with Crippen molar-refractivity contribution in [3.63, 3.8) is 0 Å². The van der Waals surface area contributed by atoms with Crippen molar-refractivity contribution in [2.75, 3.05) is 13.1 Å². The first kappa shape index (κ1) is 12.1. The van der Waals surface area contributed by atoms with Crippen LogP contribution in [0, 0.1) is 17.2 Å². The number of nitrogens with zero attached hydrogens (tertiary/aromatic N) is 2. The summed E-state index contributed by atoms with van der Waals surface area (Å²) in [6.45, 7) is 3.47. The minimum Gasteiger partial charge on any atom is -0.337 e. The highest BCUT2D eigenvalue weighted by atomic mass is 32.1. The normalized spacial score (nSPS) is 20.0. The highest BCUT2D eigenvalue weighted by molar-refractivity contribution is 7.14. The van der Waals surface area contributed by atoms with Crippen LogP contribution in [0.5, 0.6) is 0 Å². The molecule has 3 nitrogen and oxygen atoms in total. The largest absolute Gasteiger partial charge is 0.337 e. The van der Waals surface area contributed by atoms with Crippen LogP contribution in [0.2, 0.25) is 0 Å². The summed E-state index contributed by atoms with van der Waals surface area (Å²) in [5.41, 5.74) is 0. The number of amides is 1. The topological polar surface area (TPSA) is 44.1 Å². The number of piperidine rings is 1. The van der Waals surface area contributed by atoms with Gasteiger partial charge in [0.25, 0.3) is 5.91 Å². The molecule has 1 unspecified atom stereocenters. The van der Waals surface area contributed by atoms with Crippen LogP contribution < -0.4 is 0 Å². The van der Waals surface area contributed by atoms with Gasteiger partial charge >= 0.3 is 0 Å². The number of carbonyl (C=O) groups is 1. The summed E-state index contributed by atoms with van der Waals surface area (Å²) >= 11 is 1.57. The van der Waals surface area contributed by atoms with Crippen LogP contribution in [0.3, 0.4) is 0 Å². The van der Waals surface area contributed by atoms with E-state index in [2.05, 4.69) is 13.0 Å². The SMILES string of the molecule is CCc1ccc(C(=O)N2CCCC(C#N)C2)s1. The summed E-state index contributed by atoms with van der Waals surface area (Å²) < 4.78 is 0. The molecule has 0 aliphatic carbocycles. The predicted molar refractivity (Wildman–Crippen MR) is 67.9 cm³/mol. The number of hydrogen-bond donors (Lipinski definition) is 0. The van der Waals surface area contributed by atoms with Gasteiger partial charge in [-0.05, 0) is 31.4 Å². The fourth-order valence-electron chi connectivity index (χ4n) is 2.11. The second kappa shape index (κ2) is 5.33. The van der Waals surface area contributed by atoms with E-state index in [4.69, 9.17) is 5.26 Å². The number of rotatable bonds is 2. The molecule has 1 aromatic rings. The Bertz CT molecular complexity index is 447. The average Bonchev–Trinajstić information content (AvgIpc) is 2.86. The van der Waals surface area contributed by atoms with Crippen molar-refractivity contribution in [2.45, 2.75) is 26.2 Å². The lowest BCUT2D eigenvalue weighted by molar-refractivity contribution is 0.0703. The van der Waals surface area contributed by atoms with Gasteiger partial charge in [-0.3, -0.25) is 4.79 Å². The molecular formula is C13H16N2OS. The van der Waals surface area contributed by atoms with Gasteiger partial charge in [0.15, 0.2) is 0 Å². The maximum absolute atomic E-state index is 12.2. The van der Waals surface area contributed by atoms with Gasteiger partial charge in [0.05, 0.1) is 16.9 Å². The fourth-order valence-corrected chi connectivity index (χ4v) is 3.02. The number of carbonyl (C=O) groups excluding carboxylic acids is 1. The summed E-state index contributed by atoms with van der Waals surface area (Å²) in [5.74, 6) is 0.105. The first-order valence-electron chi connectivity index (χ1n) is 6.02. The molecule has 17 heavy (non-hydrogen) atoms. The van der Waals surface area contributed by atoms with Crippen molar-refractivity contribution in [1.29, 1.82) is 5.26 Å². The number of aryl methyl sites for hydroxylation is 1. The lowest BCUT2D eigenvalue weighted by atomic mass is 10.00. The molecule has 2 rings (SSSR count). The molecule has 0 saturated carbocycles. The first-order chi connectivity index (χ1) is 8.24. The summed E-state index contributed by atoms with van der Waals surface area (Å²) in [4.78, 5) is 16.1. The standard InChI is InChI=1S/C13H16N2OS/c1-2-11-5-6-12(17-11)13(16)15-7-3-4-10(8-14)9-15/h5-6,10H,2-4,7,9H2,1H3. The third-order valence-electron chi connectivity index (χ3n) is 3.11. The lowest BCUT2D eigenvalue weighted by Gasteiger charge is -2.29. The first-order valence-corrected chi connectivity index (χ1v) is 6.84. The molecule has 90 valence electrons. The lowest BCUT2D eigenvalue weighted by Crippen LogP contribution is -2.39. The van der Waals surface area contributed by atoms with Crippen molar-refractivity contribution in [3.8, 4) is 6.07 Å². The third-order valence-corrected chi connectivity index (χ3v) is 4.33.